The third kappa shape index (κ3) is 3.10. The smallest absolute Gasteiger partial charge is 0.374 e. The predicted octanol–water partition coefficient (Wildman–Crippen LogP) is 2.25. The molecular formula is C17H17N5O3. The molecule has 0 radical (unpaired) electrons. The van der Waals surface area contributed by atoms with E-state index in [4.69, 9.17) is 4.74 Å². The molecule has 4 rings (SSSR count). The van der Waals surface area contributed by atoms with Crippen LogP contribution in [0, 0.1) is 5.92 Å². The third-order valence-corrected chi connectivity index (χ3v) is 4.01. The van der Waals surface area contributed by atoms with Crippen molar-refractivity contribution in [3.63, 3.8) is 0 Å². The molecule has 8 heteroatoms. The number of anilines is 1. The van der Waals surface area contributed by atoms with Crippen molar-refractivity contribution in [2.24, 2.45) is 5.92 Å². The normalized spacial score (nSPS) is 13.8. The molecule has 3 aromatic rings. The minimum Gasteiger partial charge on any atom is -0.460 e. The summed E-state index contributed by atoms with van der Waals surface area (Å²) in [7, 11) is 0. The Balaban J connectivity index is 1.58. The van der Waals surface area contributed by atoms with Crippen LogP contribution >= 0.6 is 0 Å². The highest BCUT2D eigenvalue weighted by molar-refractivity contribution is 5.93. The van der Waals surface area contributed by atoms with E-state index in [1.54, 1.807) is 19.3 Å². The van der Waals surface area contributed by atoms with Gasteiger partial charge in [0.25, 0.3) is 0 Å². The lowest BCUT2D eigenvalue weighted by Crippen LogP contribution is -2.13. The van der Waals surface area contributed by atoms with Crippen molar-refractivity contribution in [3.05, 3.63) is 36.5 Å². The maximum absolute atomic E-state index is 11.8. The number of aromatic nitrogens is 4. The van der Waals surface area contributed by atoms with Gasteiger partial charge in [0.15, 0.2) is 5.82 Å². The summed E-state index contributed by atoms with van der Waals surface area (Å²) in [6, 6.07) is 3.71. The average Bonchev–Trinajstić information content (AvgIpc) is 3.19. The number of carbonyl (C=O) groups is 2. The van der Waals surface area contributed by atoms with E-state index >= 15 is 0 Å². The number of carbonyl (C=O) groups excluding carboxylic acids is 2. The lowest BCUT2D eigenvalue weighted by molar-refractivity contribution is -0.117. The van der Waals surface area contributed by atoms with Gasteiger partial charge in [0.05, 0.1) is 24.7 Å². The van der Waals surface area contributed by atoms with Crippen LogP contribution in [0.2, 0.25) is 0 Å². The van der Waals surface area contributed by atoms with Crippen molar-refractivity contribution in [1.82, 2.24) is 19.4 Å². The standard InChI is InChI=1S/C17H17N5O3/c1-2-25-17(24)15-18-7-12(19-15)11-5-6-14-20-13(9-22(14)8-11)21-16(23)10-3-4-10/h5-10H,2-4H2,1H3,(H,18,19)(H,21,23). The molecule has 3 heterocycles. The number of ether oxygens (including phenoxy) is 1. The highest BCUT2D eigenvalue weighted by Gasteiger charge is 2.30. The number of hydrogen-bond donors (Lipinski definition) is 2. The summed E-state index contributed by atoms with van der Waals surface area (Å²) in [5, 5.41) is 2.83. The second-order valence-electron chi connectivity index (χ2n) is 5.94. The summed E-state index contributed by atoms with van der Waals surface area (Å²) < 4.78 is 6.75. The minimum absolute atomic E-state index is 0.0243. The Morgan fingerprint density at radius 2 is 2.20 bits per heavy atom. The molecule has 25 heavy (non-hydrogen) atoms. The first-order chi connectivity index (χ1) is 12.1. The number of nitrogens with one attached hydrogen (secondary N) is 2. The van der Waals surface area contributed by atoms with Gasteiger partial charge >= 0.3 is 5.97 Å². The monoisotopic (exact) mass is 339 g/mol. The van der Waals surface area contributed by atoms with Crippen molar-refractivity contribution in [1.29, 1.82) is 0 Å². The van der Waals surface area contributed by atoms with E-state index < -0.39 is 5.97 Å². The van der Waals surface area contributed by atoms with Gasteiger partial charge in [-0.25, -0.2) is 14.8 Å². The fraction of sp³-hybridized carbons (Fsp3) is 0.294. The third-order valence-electron chi connectivity index (χ3n) is 4.01. The highest BCUT2D eigenvalue weighted by Crippen LogP contribution is 2.30. The quantitative estimate of drug-likeness (QED) is 0.694. The van der Waals surface area contributed by atoms with Crippen molar-refractivity contribution in [2.75, 3.05) is 11.9 Å². The Morgan fingerprint density at radius 3 is 2.96 bits per heavy atom. The van der Waals surface area contributed by atoms with Crippen LogP contribution in [0.4, 0.5) is 5.82 Å². The lowest BCUT2D eigenvalue weighted by Gasteiger charge is -1.99. The van der Waals surface area contributed by atoms with Crippen LogP contribution in [0.1, 0.15) is 30.4 Å². The van der Waals surface area contributed by atoms with Gasteiger partial charge in [-0.3, -0.25) is 4.79 Å². The number of rotatable bonds is 5. The average molecular weight is 339 g/mol. The van der Waals surface area contributed by atoms with Crippen molar-refractivity contribution in [3.8, 4) is 11.3 Å². The fourth-order valence-corrected chi connectivity index (χ4v) is 2.56. The topological polar surface area (TPSA) is 101 Å². The lowest BCUT2D eigenvalue weighted by atomic mass is 10.2. The predicted molar refractivity (Wildman–Crippen MR) is 90.1 cm³/mol. The Bertz CT molecular complexity index is 954. The molecule has 0 saturated heterocycles. The van der Waals surface area contributed by atoms with Gasteiger partial charge in [-0.1, -0.05) is 0 Å². The van der Waals surface area contributed by atoms with Gasteiger partial charge in [0.2, 0.25) is 11.7 Å². The number of fused-ring (bicyclic) bond motifs is 1. The van der Waals surface area contributed by atoms with Crippen LogP contribution in [0.25, 0.3) is 16.9 Å². The molecule has 3 aromatic heterocycles. The minimum atomic E-state index is -0.484. The van der Waals surface area contributed by atoms with E-state index in [2.05, 4.69) is 20.3 Å². The van der Waals surface area contributed by atoms with E-state index in [1.165, 1.54) is 0 Å². The Labute approximate surface area is 143 Å². The number of amides is 1. The van der Waals surface area contributed by atoms with Gasteiger partial charge in [-0.05, 0) is 31.9 Å². The number of H-pyrrole nitrogens is 1. The first kappa shape index (κ1) is 15.4. The highest BCUT2D eigenvalue weighted by atomic mass is 16.5. The SMILES string of the molecule is CCOC(=O)c1ncc(-c2ccc3nc(NC(=O)C4CC4)cn3c2)[nH]1. The first-order valence-corrected chi connectivity index (χ1v) is 8.16. The van der Waals surface area contributed by atoms with E-state index in [-0.39, 0.29) is 17.6 Å². The molecule has 2 N–H and O–H groups in total. The summed E-state index contributed by atoms with van der Waals surface area (Å²) in [4.78, 5) is 34.9. The van der Waals surface area contributed by atoms with Crippen LogP contribution in [0.3, 0.4) is 0 Å². The Hall–Kier alpha value is -3.16. The maximum Gasteiger partial charge on any atom is 0.374 e. The van der Waals surface area contributed by atoms with E-state index in [0.717, 1.165) is 24.1 Å². The van der Waals surface area contributed by atoms with Crippen molar-refractivity contribution in [2.45, 2.75) is 19.8 Å². The molecule has 1 amide bonds. The molecule has 128 valence electrons. The van der Waals surface area contributed by atoms with E-state index in [1.807, 2.05) is 22.7 Å². The summed E-state index contributed by atoms with van der Waals surface area (Å²) in [5.41, 5.74) is 2.26. The zero-order valence-corrected chi connectivity index (χ0v) is 13.7. The van der Waals surface area contributed by atoms with E-state index in [9.17, 15) is 9.59 Å². The van der Waals surface area contributed by atoms with Gasteiger partial charge in [-0.15, -0.1) is 0 Å². The molecule has 8 nitrogen and oxygen atoms in total. The molecule has 0 atom stereocenters. The van der Waals surface area contributed by atoms with E-state index in [0.29, 0.717) is 18.1 Å². The van der Waals surface area contributed by atoms with Crippen LogP contribution in [-0.2, 0) is 9.53 Å². The Kier molecular flexibility index (Phi) is 3.72. The molecule has 1 aliphatic carbocycles. The fourth-order valence-electron chi connectivity index (χ4n) is 2.56. The first-order valence-electron chi connectivity index (χ1n) is 8.16. The Morgan fingerprint density at radius 1 is 1.36 bits per heavy atom. The molecular weight excluding hydrogens is 322 g/mol. The number of pyridine rings is 1. The molecule has 1 saturated carbocycles. The molecule has 0 spiro atoms. The molecule has 0 bridgehead atoms. The second-order valence-corrected chi connectivity index (χ2v) is 5.94. The molecule has 0 unspecified atom stereocenters. The summed E-state index contributed by atoms with van der Waals surface area (Å²) >= 11 is 0. The van der Waals surface area contributed by atoms with Gasteiger partial charge in [0.1, 0.15) is 5.65 Å². The number of nitrogens with zero attached hydrogens (tertiary/aromatic N) is 3. The number of esters is 1. The van der Waals surface area contributed by atoms with Crippen LogP contribution < -0.4 is 5.32 Å². The van der Waals surface area contributed by atoms with Crippen molar-refractivity contribution < 1.29 is 14.3 Å². The molecule has 0 aliphatic heterocycles. The van der Waals surface area contributed by atoms with Gasteiger partial charge < -0.3 is 19.4 Å². The molecule has 1 fully saturated rings. The summed E-state index contributed by atoms with van der Waals surface area (Å²) in [6.45, 7) is 2.04. The van der Waals surface area contributed by atoms with Crippen LogP contribution in [0.15, 0.2) is 30.7 Å². The van der Waals surface area contributed by atoms with Crippen molar-refractivity contribution >= 4 is 23.3 Å². The van der Waals surface area contributed by atoms with Crippen LogP contribution in [0.5, 0.6) is 0 Å². The van der Waals surface area contributed by atoms with Gasteiger partial charge in [-0.2, -0.15) is 0 Å². The molecule has 1 aliphatic rings. The van der Waals surface area contributed by atoms with Gasteiger partial charge in [0, 0.05) is 17.7 Å². The largest absolute Gasteiger partial charge is 0.460 e. The second kappa shape index (κ2) is 6.04. The van der Waals surface area contributed by atoms with Crippen LogP contribution in [-0.4, -0.2) is 37.8 Å². The molecule has 0 aromatic carbocycles. The number of hydrogen-bond acceptors (Lipinski definition) is 5. The number of imidazole rings is 2. The summed E-state index contributed by atoms with van der Waals surface area (Å²) in [5.74, 6) is 0.372. The summed E-state index contributed by atoms with van der Waals surface area (Å²) in [6.07, 6.45) is 7.11. The maximum atomic E-state index is 11.8. The zero-order chi connectivity index (χ0) is 17.4. The zero-order valence-electron chi connectivity index (χ0n) is 13.7. The number of aromatic amines is 1.